The van der Waals surface area contributed by atoms with E-state index in [1.807, 2.05) is 20.8 Å². The van der Waals surface area contributed by atoms with E-state index in [0.29, 0.717) is 36.3 Å². The number of amides is 1. The Balaban J connectivity index is 2.40. The van der Waals surface area contributed by atoms with Crippen molar-refractivity contribution in [3.63, 3.8) is 0 Å². The van der Waals surface area contributed by atoms with Crippen molar-refractivity contribution in [2.45, 2.75) is 40.5 Å². The number of ketones is 1. The van der Waals surface area contributed by atoms with Crippen molar-refractivity contribution >= 4 is 11.7 Å². The van der Waals surface area contributed by atoms with Crippen LogP contribution in [-0.2, 0) is 6.42 Å². The minimum atomic E-state index is -0.260. The lowest BCUT2D eigenvalue weighted by Gasteiger charge is -2.27. The molecule has 1 aliphatic carbocycles. The Hall–Kier alpha value is -1.62. The molecule has 0 unspecified atom stereocenters. The highest BCUT2D eigenvalue weighted by molar-refractivity contribution is 6.03. The maximum absolute atomic E-state index is 12.5. The number of furan rings is 1. The van der Waals surface area contributed by atoms with Crippen molar-refractivity contribution in [3.8, 4) is 0 Å². The molecular weight excluding hydrogens is 270 g/mol. The van der Waals surface area contributed by atoms with Crippen LogP contribution in [0.3, 0.4) is 0 Å². The molecule has 0 spiro atoms. The second-order valence-electron chi connectivity index (χ2n) is 6.40. The summed E-state index contributed by atoms with van der Waals surface area (Å²) in [4.78, 5) is 26.3. The minimum absolute atomic E-state index is 0.0479. The number of likely N-dealkylation sites (N-methyl/N-ethyl adjacent to an activating group) is 1. The number of rotatable bonds is 4. The number of aliphatic hydroxyl groups is 1. The van der Waals surface area contributed by atoms with Crippen LogP contribution in [0.5, 0.6) is 0 Å². The first-order chi connectivity index (χ1) is 9.80. The predicted molar refractivity (Wildman–Crippen MR) is 78.5 cm³/mol. The lowest BCUT2D eigenvalue weighted by atomic mass is 9.76. The van der Waals surface area contributed by atoms with E-state index in [1.165, 1.54) is 4.90 Å². The topological polar surface area (TPSA) is 70.8 Å². The van der Waals surface area contributed by atoms with E-state index in [-0.39, 0.29) is 36.0 Å². The van der Waals surface area contributed by atoms with Crippen LogP contribution in [0.25, 0.3) is 0 Å². The van der Waals surface area contributed by atoms with Gasteiger partial charge in [-0.3, -0.25) is 9.59 Å². The molecule has 2 rings (SSSR count). The van der Waals surface area contributed by atoms with Gasteiger partial charge in [0.05, 0.1) is 12.2 Å². The summed E-state index contributed by atoms with van der Waals surface area (Å²) in [5.41, 5.74) is 1.08. The van der Waals surface area contributed by atoms with Gasteiger partial charge in [0.25, 0.3) is 5.91 Å². The van der Waals surface area contributed by atoms with E-state index in [4.69, 9.17) is 9.52 Å². The maximum atomic E-state index is 12.5. The molecule has 1 N–H and O–H groups in total. The van der Waals surface area contributed by atoms with Crippen molar-refractivity contribution in [3.05, 3.63) is 22.6 Å². The SMILES string of the molecule is CCN(CCO)C(=O)c1oc2c(c1C)C(=O)CC(C)(C)C2. The molecule has 0 saturated heterocycles. The first kappa shape index (κ1) is 15.8. The van der Waals surface area contributed by atoms with Gasteiger partial charge in [0.1, 0.15) is 5.76 Å². The molecule has 1 heterocycles. The molecular formula is C16H23NO4. The van der Waals surface area contributed by atoms with Crippen molar-refractivity contribution in [1.82, 2.24) is 4.90 Å². The van der Waals surface area contributed by atoms with Gasteiger partial charge >= 0.3 is 0 Å². The first-order valence-electron chi connectivity index (χ1n) is 7.36. The van der Waals surface area contributed by atoms with E-state index >= 15 is 0 Å². The van der Waals surface area contributed by atoms with E-state index < -0.39 is 0 Å². The van der Waals surface area contributed by atoms with Crippen molar-refractivity contribution in [1.29, 1.82) is 0 Å². The average Bonchev–Trinajstić information content (AvgIpc) is 2.70. The Morgan fingerprint density at radius 1 is 1.38 bits per heavy atom. The summed E-state index contributed by atoms with van der Waals surface area (Å²) in [5.74, 6) is 0.648. The van der Waals surface area contributed by atoms with Crippen LogP contribution in [0.15, 0.2) is 4.42 Å². The molecule has 5 nitrogen and oxygen atoms in total. The van der Waals surface area contributed by atoms with Gasteiger partial charge in [-0.15, -0.1) is 0 Å². The summed E-state index contributed by atoms with van der Waals surface area (Å²) in [6.07, 6.45) is 1.14. The number of fused-ring (bicyclic) bond motifs is 1. The Morgan fingerprint density at radius 3 is 2.62 bits per heavy atom. The third kappa shape index (κ3) is 2.88. The van der Waals surface area contributed by atoms with Crippen LogP contribution in [0.2, 0.25) is 0 Å². The third-order valence-corrected chi connectivity index (χ3v) is 4.01. The highest BCUT2D eigenvalue weighted by Gasteiger charge is 2.37. The van der Waals surface area contributed by atoms with Crippen molar-refractivity contribution < 1.29 is 19.1 Å². The number of carbonyl (C=O) groups is 2. The normalized spacial score (nSPS) is 16.7. The second-order valence-corrected chi connectivity index (χ2v) is 6.40. The smallest absolute Gasteiger partial charge is 0.289 e. The summed E-state index contributed by atoms with van der Waals surface area (Å²) in [5, 5.41) is 9.03. The summed E-state index contributed by atoms with van der Waals surface area (Å²) in [6.45, 7) is 8.32. The Kier molecular flexibility index (Phi) is 4.23. The zero-order valence-electron chi connectivity index (χ0n) is 13.2. The minimum Gasteiger partial charge on any atom is -0.455 e. The molecule has 21 heavy (non-hydrogen) atoms. The molecule has 0 atom stereocenters. The highest BCUT2D eigenvalue weighted by atomic mass is 16.4. The molecule has 1 aromatic heterocycles. The fourth-order valence-electron chi connectivity index (χ4n) is 2.95. The number of hydrogen-bond acceptors (Lipinski definition) is 4. The fraction of sp³-hybridized carbons (Fsp3) is 0.625. The Labute approximate surface area is 124 Å². The van der Waals surface area contributed by atoms with Crippen LogP contribution in [0.4, 0.5) is 0 Å². The van der Waals surface area contributed by atoms with E-state index in [2.05, 4.69) is 0 Å². The summed E-state index contributed by atoms with van der Waals surface area (Å²) in [6, 6.07) is 0. The maximum Gasteiger partial charge on any atom is 0.289 e. The molecule has 1 aromatic rings. The van der Waals surface area contributed by atoms with Gasteiger partial charge in [-0.2, -0.15) is 0 Å². The monoisotopic (exact) mass is 293 g/mol. The molecule has 1 aliphatic rings. The summed E-state index contributed by atoms with van der Waals surface area (Å²) < 4.78 is 5.74. The second kappa shape index (κ2) is 5.64. The Morgan fingerprint density at radius 2 is 2.05 bits per heavy atom. The molecule has 0 aliphatic heterocycles. The summed E-state index contributed by atoms with van der Waals surface area (Å²) >= 11 is 0. The van der Waals surface area contributed by atoms with Crippen LogP contribution in [-0.4, -0.2) is 41.4 Å². The van der Waals surface area contributed by atoms with Crippen molar-refractivity contribution in [2.24, 2.45) is 5.41 Å². The molecule has 0 bridgehead atoms. The number of carbonyl (C=O) groups excluding carboxylic acids is 2. The predicted octanol–water partition coefficient (Wildman–Crippen LogP) is 2.20. The molecule has 1 amide bonds. The molecule has 0 radical (unpaired) electrons. The average molecular weight is 293 g/mol. The fourth-order valence-corrected chi connectivity index (χ4v) is 2.95. The quantitative estimate of drug-likeness (QED) is 0.924. The van der Waals surface area contributed by atoms with Gasteiger partial charge in [-0.05, 0) is 19.3 Å². The summed E-state index contributed by atoms with van der Waals surface area (Å²) in [7, 11) is 0. The van der Waals surface area contributed by atoms with Gasteiger partial charge in [-0.1, -0.05) is 13.8 Å². The highest BCUT2D eigenvalue weighted by Crippen LogP contribution is 2.38. The molecule has 0 fully saturated rings. The number of Topliss-reactive ketones (excluding diaryl/α,β-unsaturated/α-hetero) is 1. The molecule has 116 valence electrons. The van der Waals surface area contributed by atoms with Crippen LogP contribution >= 0.6 is 0 Å². The largest absolute Gasteiger partial charge is 0.455 e. The number of aliphatic hydroxyl groups excluding tert-OH is 1. The van der Waals surface area contributed by atoms with Crippen molar-refractivity contribution in [2.75, 3.05) is 19.7 Å². The van der Waals surface area contributed by atoms with E-state index in [1.54, 1.807) is 6.92 Å². The van der Waals surface area contributed by atoms with Crippen LogP contribution in [0.1, 0.15) is 59.4 Å². The lowest BCUT2D eigenvalue weighted by molar-refractivity contribution is 0.0694. The van der Waals surface area contributed by atoms with Gasteiger partial charge in [0.15, 0.2) is 11.5 Å². The van der Waals surface area contributed by atoms with E-state index in [0.717, 1.165) is 0 Å². The first-order valence-corrected chi connectivity index (χ1v) is 7.36. The van der Waals surface area contributed by atoms with E-state index in [9.17, 15) is 9.59 Å². The Bertz CT molecular complexity index is 571. The standard InChI is InChI=1S/C16H23NO4/c1-5-17(6-7-18)15(20)14-10(2)13-11(19)8-16(3,4)9-12(13)21-14/h18H,5-9H2,1-4H3. The third-order valence-electron chi connectivity index (χ3n) is 4.01. The van der Waals surface area contributed by atoms with Crippen LogP contribution in [0, 0.1) is 12.3 Å². The number of hydrogen-bond donors (Lipinski definition) is 1. The van der Waals surface area contributed by atoms with Gasteiger partial charge in [0.2, 0.25) is 0 Å². The molecule has 0 saturated carbocycles. The van der Waals surface area contributed by atoms with Crippen LogP contribution < -0.4 is 0 Å². The molecule has 0 aromatic carbocycles. The zero-order valence-corrected chi connectivity index (χ0v) is 13.2. The zero-order chi connectivity index (χ0) is 15.8. The van der Waals surface area contributed by atoms with Gasteiger partial charge in [0, 0.05) is 31.5 Å². The number of nitrogens with zero attached hydrogens (tertiary/aromatic N) is 1. The van der Waals surface area contributed by atoms with Gasteiger partial charge in [-0.25, -0.2) is 0 Å². The lowest BCUT2D eigenvalue weighted by Crippen LogP contribution is -2.33. The van der Waals surface area contributed by atoms with Gasteiger partial charge < -0.3 is 14.4 Å². The molecule has 5 heteroatoms.